The zero-order chi connectivity index (χ0) is 4.99. The molecule has 0 atom stereocenters. The van der Waals surface area contributed by atoms with Crippen LogP contribution in [-0.2, 0) is 0 Å². The second-order valence-corrected chi connectivity index (χ2v) is 8.92. The van der Waals surface area contributed by atoms with Gasteiger partial charge in [-0.25, -0.2) is 0 Å². The molecule has 0 N–H and O–H groups in total. The molecule has 0 aromatic rings. The molecule has 0 amide bonds. The van der Waals surface area contributed by atoms with Crippen molar-refractivity contribution >= 4 is 15.4 Å². The maximum absolute atomic E-state index is 2.34. The first-order valence-electron chi connectivity index (χ1n) is 2.77. The third-order valence-corrected chi connectivity index (χ3v) is 4.50. The van der Waals surface area contributed by atoms with Crippen LogP contribution in [0.5, 0.6) is 0 Å². The third kappa shape index (κ3) is 4.54. The molecule has 0 aliphatic heterocycles. The summed E-state index contributed by atoms with van der Waals surface area (Å²) >= 11 is 0. The summed E-state index contributed by atoms with van der Waals surface area (Å²) in [5.74, 6) is 0. The molecule has 0 aliphatic rings. The molecule has 0 spiro atoms. The van der Waals surface area contributed by atoms with Gasteiger partial charge in [-0.1, -0.05) is 0 Å². The van der Waals surface area contributed by atoms with Gasteiger partial charge in [0.1, 0.15) is 0 Å². The normalized spacial score (nSPS) is 12.0. The van der Waals surface area contributed by atoms with Gasteiger partial charge in [-0.15, -0.1) is 0 Å². The van der Waals surface area contributed by atoms with Crippen molar-refractivity contribution in [2.45, 2.75) is 30.8 Å². The first-order valence-corrected chi connectivity index (χ1v) is 6.58. The molecule has 0 fully saturated rings. The van der Waals surface area contributed by atoms with Gasteiger partial charge in [0.15, 0.2) is 0 Å². The zero-order valence-corrected chi connectivity index (χ0v) is 7.96. The van der Waals surface area contributed by atoms with Crippen LogP contribution in [0, 0.1) is 0 Å². The Morgan fingerprint density at radius 3 is 2.00 bits per heavy atom. The van der Waals surface area contributed by atoms with Crippen LogP contribution in [0.15, 0.2) is 0 Å². The Morgan fingerprint density at radius 2 is 2.00 bits per heavy atom. The summed E-state index contributed by atoms with van der Waals surface area (Å²) in [6.07, 6.45) is 0. The molecule has 0 aromatic heterocycles. The Labute approximate surface area is 46.8 Å². The third-order valence-electron chi connectivity index (χ3n) is 0.866. The van der Waals surface area contributed by atoms with E-state index in [1.165, 1.54) is 5.25 Å². The van der Waals surface area contributed by atoms with Crippen LogP contribution in [0.25, 0.3) is 0 Å². The molecule has 38 valence electrons. The van der Waals surface area contributed by atoms with E-state index in [0.29, 0.717) is 0 Å². The van der Waals surface area contributed by atoms with Crippen molar-refractivity contribution in [1.82, 2.24) is 0 Å². The average molecular weight is 147 g/mol. The zero-order valence-electron chi connectivity index (χ0n) is 4.99. The van der Waals surface area contributed by atoms with Crippen LogP contribution in [0.3, 0.4) is 0 Å². The monoisotopic (exact) mass is 148 g/mol. The Morgan fingerprint density at radius 1 is 1.50 bits per heavy atom. The molecule has 0 bridgehead atoms. The second-order valence-electron chi connectivity index (χ2n) is 2.18. The number of hydrogen-bond donors (Lipinski definition) is 0. The van der Waals surface area contributed by atoms with Gasteiger partial charge in [0.2, 0.25) is 0 Å². The molecule has 0 aliphatic carbocycles. The fourth-order valence-electron chi connectivity index (χ4n) is 0.577. The predicted molar refractivity (Wildman–Crippen MR) is 34.1 cm³/mol. The molecule has 0 rings (SSSR count). The van der Waals surface area contributed by atoms with Crippen molar-refractivity contribution in [2.24, 2.45) is 0 Å². The van der Waals surface area contributed by atoms with E-state index in [-0.39, 0.29) is 15.4 Å². The van der Waals surface area contributed by atoms with E-state index in [4.69, 9.17) is 0 Å². The number of rotatable bonds is 2. The Hall–Kier alpha value is 0.543. The Balaban J connectivity index is 2.63. The summed E-state index contributed by atoms with van der Waals surface area (Å²) in [7, 11) is 0. The van der Waals surface area contributed by atoms with Crippen molar-refractivity contribution < 1.29 is 0 Å². The van der Waals surface area contributed by atoms with Gasteiger partial charge in [-0.05, 0) is 0 Å². The molecule has 1 heteroatoms. The molecule has 0 aromatic carbocycles. The van der Waals surface area contributed by atoms with Crippen LogP contribution in [0.4, 0.5) is 0 Å². The second kappa shape index (κ2) is 3.72. The Bertz CT molecular complexity index is 25.1. The summed E-state index contributed by atoms with van der Waals surface area (Å²) in [5, 5.41) is 1.52. The molecule has 0 heterocycles. The van der Waals surface area contributed by atoms with Crippen molar-refractivity contribution in [3.05, 3.63) is 0 Å². The van der Waals surface area contributed by atoms with Crippen LogP contribution >= 0.6 is 0 Å². The first-order chi connectivity index (χ1) is 2.77. The quantitative estimate of drug-likeness (QED) is 0.518. The van der Waals surface area contributed by atoms with Gasteiger partial charge in [0.25, 0.3) is 0 Å². The van der Waals surface area contributed by atoms with Gasteiger partial charge in [-0.2, -0.15) is 0 Å². The minimum absolute atomic E-state index is 0. The average Bonchev–Trinajstić information content (AvgIpc) is 1.35. The van der Waals surface area contributed by atoms with Crippen molar-refractivity contribution in [3.63, 3.8) is 0 Å². The van der Waals surface area contributed by atoms with E-state index >= 15 is 0 Å². The van der Waals surface area contributed by atoms with Gasteiger partial charge in [-0.3, -0.25) is 0 Å². The van der Waals surface area contributed by atoms with Crippen LogP contribution in [0.2, 0.25) is 10.0 Å². The first kappa shape index (κ1) is 6.54. The molecule has 0 saturated carbocycles. The maximum atomic E-state index is 2.34. The topological polar surface area (TPSA) is 0 Å². The summed E-state index contributed by atoms with van der Waals surface area (Å²) in [5.41, 5.74) is 0. The van der Waals surface area contributed by atoms with Crippen molar-refractivity contribution in [3.8, 4) is 0 Å². The summed E-state index contributed by atoms with van der Waals surface area (Å²) < 4.78 is 1.09. The number of hydrogen-bond acceptors (Lipinski definition) is 0. The van der Waals surface area contributed by atoms with E-state index in [9.17, 15) is 0 Å². The molecular formula is C5H14Ge. The minimum atomic E-state index is 0. The van der Waals surface area contributed by atoms with Crippen LogP contribution < -0.4 is 0 Å². The van der Waals surface area contributed by atoms with Gasteiger partial charge < -0.3 is 0 Å². The molecular weight excluding hydrogens is 133 g/mol. The fraction of sp³-hybridized carbons (Fsp3) is 1.00. The van der Waals surface area contributed by atoms with Crippen molar-refractivity contribution in [1.29, 1.82) is 0 Å². The molecule has 0 saturated heterocycles. The summed E-state index contributed by atoms with van der Waals surface area (Å²) in [4.78, 5) is 0. The molecule has 0 unspecified atom stereocenters. The summed E-state index contributed by atoms with van der Waals surface area (Å²) in [6, 6.07) is 0. The fourth-order valence-corrected chi connectivity index (χ4v) is 3.00. The van der Waals surface area contributed by atoms with E-state index < -0.39 is 0 Å². The predicted octanol–water partition coefficient (Wildman–Crippen LogP) is 1.42. The van der Waals surface area contributed by atoms with Crippen LogP contribution in [-0.4, -0.2) is 15.4 Å². The SMILES string of the molecule is C[CH2][GeH2][CH](C)C. The standard InChI is InChI=1S/C5H14Ge/c1-4-6-5(2)3/h5H,4,6H2,1-3H3. The van der Waals surface area contributed by atoms with Crippen LogP contribution in [0.1, 0.15) is 20.8 Å². The summed E-state index contributed by atoms with van der Waals surface area (Å²) in [6.45, 7) is 6.98. The van der Waals surface area contributed by atoms with E-state index in [1.807, 2.05) is 0 Å². The molecule has 0 radical (unpaired) electrons. The van der Waals surface area contributed by atoms with Crippen molar-refractivity contribution in [2.75, 3.05) is 0 Å². The molecule has 6 heavy (non-hydrogen) atoms. The van der Waals surface area contributed by atoms with E-state index in [2.05, 4.69) is 20.8 Å². The van der Waals surface area contributed by atoms with E-state index in [1.54, 1.807) is 0 Å². The van der Waals surface area contributed by atoms with Gasteiger partial charge >= 0.3 is 46.2 Å². The molecule has 0 nitrogen and oxygen atoms in total. The van der Waals surface area contributed by atoms with Gasteiger partial charge in [0.05, 0.1) is 0 Å². The van der Waals surface area contributed by atoms with E-state index in [0.717, 1.165) is 4.75 Å². The van der Waals surface area contributed by atoms with Gasteiger partial charge in [0, 0.05) is 0 Å². The Kier molecular flexibility index (Phi) is 4.06.